The number of rotatable bonds is 1. The first-order chi connectivity index (χ1) is 7.59. The largest absolute Gasteiger partial charge is 0.511 e. The lowest BCUT2D eigenvalue weighted by Gasteiger charge is -2.09. The predicted octanol–water partition coefficient (Wildman–Crippen LogP) is 2.18. The summed E-state index contributed by atoms with van der Waals surface area (Å²) in [6, 6.07) is 7.22. The molecule has 0 aliphatic carbocycles. The molecule has 0 spiro atoms. The SMILES string of the molecule is Cc1nc2ccccc2c(N)c1OC(=O)O. The van der Waals surface area contributed by atoms with Crippen LogP contribution in [0.1, 0.15) is 5.69 Å². The standard InChI is InChI=1S/C11H10N2O3/c1-6-10(16-11(14)15)9(12)7-4-2-3-5-8(7)13-6/h2-5H,1H3,(H2,12,13)(H,14,15). The topological polar surface area (TPSA) is 85.4 Å². The van der Waals surface area contributed by atoms with Gasteiger partial charge in [-0.3, -0.25) is 0 Å². The van der Waals surface area contributed by atoms with E-state index in [-0.39, 0.29) is 5.75 Å². The third kappa shape index (κ3) is 1.63. The molecule has 0 saturated heterocycles. The zero-order chi connectivity index (χ0) is 11.7. The van der Waals surface area contributed by atoms with Gasteiger partial charge in [0.25, 0.3) is 0 Å². The van der Waals surface area contributed by atoms with Crippen molar-refractivity contribution in [2.45, 2.75) is 6.92 Å². The minimum atomic E-state index is -1.40. The van der Waals surface area contributed by atoms with Crippen LogP contribution >= 0.6 is 0 Å². The minimum absolute atomic E-state index is 0.103. The van der Waals surface area contributed by atoms with Crippen LogP contribution in [0.15, 0.2) is 24.3 Å². The first kappa shape index (κ1) is 10.2. The molecule has 1 aromatic carbocycles. The molecule has 5 heteroatoms. The van der Waals surface area contributed by atoms with Crippen LogP contribution in [0.3, 0.4) is 0 Å². The Morgan fingerprint density at radius 3 is 2.81 bits per heavy atom. The molecule has 1 heterocycles. The Hall–Kier alpha value is -2.30. The number of carboxylic acid groups (broad SMARTS) is 1. The fraction of sp³-hybridized carbons (Fsp3) is 0.0909. The van der Waals surface area contributed by atoms with Gasteiger partial charge in [-0.15, -0.1) is 0 Å². The molecule has 0 fully saturated rings. The molecular formula is C11H10N2O3. The summed E-state index contributed by atoms with van der Waals surface area (Å²) in [5.74, 6) is 0.103. The molecule has 5 nitrogen and oxygen atoms in total. The van der Waals surface area contributed by atoms with E-state index in [1.54, 1.807) is 19.1 Å². The summed E-state index contributed by atoms with van der Waals surface area (Å²) < 4.78 is 4.61. The highest BCUT2D eigenvalue weighted by Crippen LogP contribution is 2.31. The van der Waals surface area contributed by atoms with E-state index < -0.39 is 6.16 Å². The van der Waals surface area contributed by atoms with Crippen LogP contribution in [0, 0.1) is 6.92 Å². The highest BCUT2D eigenvalue weighted by Gasteiger charge is 2.13. The summed E-state index contributed by atoms with van der Waals surface area (Å²) in [4.78, 5) is 14.7. The van der Waals surface area contributed by atoms with Crippen molar-refractivity contribution in [2.24, 2.45) is 0 Å². The van der Waals surface area contributed by atoms with Crippen molar-refractivity contribution in [3.8, 4) is 5.75 Å². The highest BCUT2D eigenvalue weighted by molar-refractivity contribution is 5.94. The molecule has 0 bridgehead atoms. The lowest BCUT2D eigenvalue weighted by atomic mass is 10.1. The summed E-state index contributed by atoms with van der Waals surface area (Å²) >= 11 is 0. The lowest BCUT2D eigenvalue weighted by molar-refractivity contribution is 0.144. The van der Waals surface area contributed by atoms with Crippen molar-refractivity contribution in [3.05, 3.63) is 30.0 Å². The first-order valence-electron chi connectivity index (χ1n) is 4.65. The number of nitrogen functional groups attached to an aromatic ring is 1. The summed E-state index contributed by atoms with van der Waals surface area (Å²) in [6.07, 6.45) is -1.40. The van der Waals surface area contributed by atoms with E-state index in [0.29, 0.717) is 16.8 Å². The van der Waals surface area contributed by atoms with E-state index in [1.165, 1.54) is 0 Å². The van der Waals surface area contributed by atoms with Crippen molar-refractivity contribution < 1.29 is 14.6 Å². The molecular weight excluding hydrogens is 208 g/mol. The Morgan fingerprint density at radius 1 is 1.44 bits per heavy atom. The quantitative estimate of drug-likeness (QED) is 0.716. The summed E-state index contributed by atoms with van der Waals surface area (Å²) in [6.45, 7) is 1.65. The Bertz CT molecular complexity index is 566. The summed E-state index contributed by atoms with van der Waals surface area (Å²) in [5.41, 5.74) is 7.31. The molecule has 0 radical (unpaired) electrons. The van der Waals surface area contributed by atoms with Crippen LogP contribution in [-0.2, 0) is 0 Å². The summed E-state index contributed by atoms with van der Waals surface area (Å²) in [5, 5.41) is 9.27. The Kier molecular flexibility index (Phi) is 2.36. The van der Waals surface area contributed by atoms with Gasteiger partial charge in [0.2, 0.25) is 0 Å². The van der Waals surface area contributed by atoms with Crippen LogP contribution in [0.2, 0.25) is 0 Å². The fourth-order valence-electron chi connectivity index (χ4n) is 1.56. The molecule has 0 amide bonds. The predicted molar refractivity (Wildman–Crippen MR) is 59.5 cm³/mol. The van der Waals surface area contributed by atoms with Gasteiger partial charge in [0, 0.05) is 5.39 Å². The molecule has 2 aromatic rings. The number of para-hydroxylation sites is 1. The molecule has 0 aliphatic heterocycles. The number of pyridine rings is 1. The number of hydrogen-bond donors (Lipinski definition) is 2. The van der Waals surface area contributed by atoms with Crippen molar-refractivity contribution in [3.63, 3.8) is 0 Å². The van der Waals surface area contributed by atoms with E-state index in [2.05, 4.69) is 9.72 Å². The maximum atomic E-state index is 10.5. The van der Waals surface area contributed by atoms with Crippen LogP contribution < -0.4 is 10.5 Å². The van der Waals surface area contributed by atoms with Crippen LogP contribution in [0.25, 0.3) is 10.9 Å². The van der Waals surface area contributed by atoms with Crippen molar-refractivity contribution >= 4 is 22.7 Å². The molecule has 3 N–H and O–H groups in total. The molecule has 0 atom stereocenters. The average Bonchev–Trinajstić information content (AvgIpc) is 2.24. The number of anilines is 1. The van der Waals surface area contributed by atoms with Gasteiger partial charge in [0.15, 0.2) is 5.75 Å². The van der Waals surface area contributed by atoms with Gasteiger partial charge in [0.1, 0.15) is 0 Å². The van der Waals surface area contributed by atoms with E-state index >= 15 is 0 Å². The third-order valence-corrected chi connectivity index (χ3v) is 2.24. The van der Waals surface area contributed by atoms with Crippen LogP contribution in [-0.4, -0.2) is 16.2 Å². The first-order valence-corrected chi connectivity index (χ1v) is 4.65. The zero-order valence-electron chi connectivity index (χ0n) is 8.60. The van der Waals surface area contributed by atoms with Crippen molar-refractivity contribution in [1.82, 2.24) is 4.98 Å². The Balaban J connectivity index is 2.70. The van der Waals surface area contributed by atoms with E-state index in [9.17, 15) is 4.79 Å². The second-order valence-electron chi connectivity index (χ2n) is 3.33. The number of fused-ring (bicyclic) bond motifs is 1. The molecule has 0 aliphatic rings. The van der Waals surface area contributed by atoms with E-state index in [0.717, 1.165) is 5.52 Å². The number of aromatic nitrogens is 1. The normalized spacial score (nSPS) is 10.3. The molecule has 0 saturated carbocycles. The molecule has 16 heavy (non-hydrogen) atoms. The molecule has 0 unspecified atom stereocenters. The highest BCUT2D eigenvalue weighted by atomic mass is 16.7. The number of nitrogens with two attached hydrogens (primary N) is 1. The second-order valence-corrected chi connectivity index (χ2v) is 3.33. The van der Waals surface area contributed by atoms with Crippen molar-refractivity contribution in [1.29, 1.82) is 0 Å². The number of benzene rings is 1. The maximum absolute atomic E-state index is 10.5. The number of aryl methyl sites for hydroxylation is 1. The lowest BCUT2D eigenvalue weighted by Crippen LogP contribution is -2.08. The van der Waals surface area contributed by atoms with Crippen molar-refractivity contribution in [2.75, 3.05) is 5.73 Å². The maximum Gasteiger partial charge on any atom is 0.511 e. The number of carbonyl (C=O) groups is 1. The number of ether oxygens (including phenoxy) is 1. The molecule has 82 valence electrons. The number of nitrogens with zero attached hydrogens (tertiary/aromatic N) is 1. The van der Waals surface area contributed by atoms with Gasteiger partial charge in [0.05, 0.1) is 16.9 Å². The molecule has 1 aromatic heterocycles. The minimum Gasteiger partial charge on any atom is -0.449 e. The fourth-order valence-corrected chi connectivity index (χ4v) is 1.56. The van der Waals surface area contributed by atoms with Crippen LogP contribution in [0.5, 0.6) is 5.75 Å². The van der Waals surface area contributed by atoms with Gasteiger partial charge in [-0.1, -0.05) is 18.2 Å². The average molecular weight is 218 g/mol. The third-order valence-electron chi connectivity index (χ3n) is 2.24. The second kappa shape index (κ2) is 3.69. The monoisotopic (exact) mass is 218 g/mol. The molecule has 2 rings (SSSR count). The van der Waals surface area contributed by atoms with Crippen LogP contribution in [0.4, 0.5) is 10.5 Å². The van der Waals surface area contributed by atoms with Gasteiger partial charge in [-0.25, -0.2) is 9.78 Å². The van der Waals surface area contributed by atoms with Gasteiger partial charge < -0.3 is 15.6 Å². The number of hydrogen-bond acceptors (Lipinski definition) is 4. The van der Waals surface area contributed by atoms with Gasteiger partial charge in [-0.05, 0) is 13.0 Å². The smallest absolute Gasteiger partial charge is 0.449 e. The summed E-state index contributed by atoms with van der Waals surface area (Å²) in [7, 11) is 0. The van der Waals surface area contributed by atoms with E-state index in [1.807, 2.05) is 12.1 Å². The van der Waals surface area contributed by atoms with Gasteiger partial charge >= 0.3 is 6.16 Å². The Labute approximate surface area is 91.5 Å². The van der Waals surface area contributed by atoms with E-state index in [4.69, 9.17) is 10.8 Å². The Morgan fingerprint density at radius 2 is 2.12 bits per heavy atom. The zero-order valence-corrected chi connectivity index (χ0v) is 8.60. The van der Waals surface area contributed by atoms with Gasteiger partial charge in [-0.2, -0.15) is 0 Å².